The summed E-state index contributed by atoms with van der Waals surface area (Å²) in [6.45, 7) is 4.50. The van der Waals surface area contributed by atoms with Crippen molar-refractivity contribution in [3.63, 3.8) is 0 Å². The van der Waals surface area contributed by atoms with Crippen molar-refractivity contribution in [2.45, 2.75) is 50.3 Å². The fraction of sp³-hybridized carbons (Fsp3) is 0.833. The van der Waals surface area contributed by atoms with E-state index in [1.807, 2.05) is 13.8 Å². The first-order valence-electron chi connectivity index (χ1n) is 6.57. The van der Waals surface area contributed by atoms with E-state index in [0.717, 1.165) is 12.8 Å². The summed E-state index contributed by atoms with van der Waals surface area (Å²) in [6.07, 6.45) is 1.86. The molecule has 1 saturated heterocycles. The Morgan fingerprint density at radius 3 is 2.74 bits per heavy atom. The number of thioether (sulfide) groups is 1. The summed E-state index contributed by atoms with van der Waals surface area (Å²) in [4.78, 5) is 24.7. The van der Waals surface area contributed by atoms with Gasteiger partial charge in [0.05, 0.1) is 11.5 Å². The van der Waals surface area contributed by atoms with Gasteiger partial charge in [-0.2, -0.15) is 0 Å². The SMILES string of the molecule is CCOC1CC(NC(=O)N2C(C)SCC2C(=O)O)C1. The van der Waals surface area contributed by atoms with Crippen molar-refractivity contribution in [1.29, 1.82) is 0 Å². The Labute approximate surface area is 116 Å². The fourth-order valence-corrected chi connectivity index (χ4v) is 3.61. The van der Waals surface area contributed by atoms with E-state index in [2.05, 4.69) is 5.32 Å². The summed E-state index contributed by atoms with van der Waals surface area (Å²) in [5, 5.41) is 11.9. The molecule has 2 aliphatic rings. The summed E-state index contributed by atoms with van der Waals surface area (Å²) >= 11 is 1.49. The molecule has 0 spiro atoms. The molecule has 2 unspecified atom stereocenters. The average molecular weight is 288 g/mol. The number of urea groups is 1. The van der Waals surface area contributed by atoms with Gasteiger partial charge in [-0.1, -0.05) is 0 Å². The molecule has 19 heavy (non-hydrogen) atoms. The summed E-state index contributed by atoms with van der Waals surface area (Å²) in [7, 11) is 0. The van der Waals surface area contributed by atoms with Crippen LogP contribution in [0, 0.1) is 0 Å². The lowest BCUT2D eigenvalue weighted by Gasteiger charge is -2.37. The standard InChI is InChI=1S/C12H20N2O4S/c1-3-18-9-4-8(5-9)13-12(17)14-7(2)19-6-10(14)11(15)16/h7-10H,3-6H2,1-2H3,(H,13,17)(H,15,16). The minimum atomic E-state index is -0.937. The van der Waals surface area contributed by atoms with Gasteiger partial charge in [0.1, 0.15) is 6.04 Å². The van der Waals surface area contributed by atoms with Crippen LogP contribution in [0.4, 0.5) is 4.79 Å². The molecule has 1 aliphatic heterocycles. The molecule has 6 nitrogen and oxygen atoms in total. The summed E-state index contributed by atoms with van der Waals surface area (Å²) in [5.74, 6) is -0.483. The highest BCUT2D eigenvalue weighted by Crippen LogP contribution is 2.30. The van der Waals surface area contributed by atoms with Gasteiger partial charge in [-0.3, -0.25) is 4.90 Å². The van der Waals surface area contributed by atoms with Crippen LogP contribution in [0.1, 0.15) is 26.7 Å². The van der Waals surface area contributed by atoms with Crippen molar-refractivity contribution in [3.8, 4) is 0 Å². The lowest BCUT2D eigenvalue weighted by atomic mass is 9.89. The van der Waals surface area contributed by atoms with Gasteiger partial charge in [-0.05, 0) is 26.7 Å². The van der Waals surface area contributed by atoms with Gasteiger partial charge < -0.3 is 15.2 Å². The molecule has 2 N–H and O–H groups in total. The van der Waals surface area contributed by atoms with Crippen LogP contribution in [0.3, 0.4) is 0 Å². The Bertz CT molecular complexity index is 360. The number of amides is 2. The Morgan fingerprint density at radius 1 is 1.47 bits per heavy atom. The smallest absolute Gasteiger partial charge is 0.327 e. The van der Waals surface area contributed by atoms with E-state index in [-0.39, 0.29) is 23.6 Å². The van der Waals surface area contributed by atoms with Crippen LogP contribution in [0.25, 0.3) is 0 Å². The van der Waals surface area contributed by atoms with Crippen LogP contribution in [0.2, 0.25) is 0 Å². The van der Waals surface area contributed by atoms with Gasteiger partial charge in [0.25, 0.3) is 0 Å². The van der Waals surface area contributed by atoms with Gasteiger partial charge >= 0.3 is 12.0 Å². The van der Waals surface area contributed by atoms with Crippen LogP contribution in [0.5, 0.6) is 0 Å². The number of carbonyl (C=O) groups is 2. The monoisotopic (exact) mass is 288 g/mol. The first kappa shape index (κ1) is 14.5. The van der Waals surface area contributed by atoms with Crippen molar-refractivity contribution in [2.75, 3.05) is 12.4 Å². The maximum absolute atomic E-state index is 12.1. The Kier molecular flexibility index (Phi) is 4.57. The predicted octanol–water partition coefficient (Wildman–Crippen LogP) is 1.11. The maximum atomic E-state index is 12.1. The predicted molar refractivity (Wildman–Crippen MR) is 72.2 cm³/mol. The van der Waals surface area contributed by atoms with E-state index in [4.69, 9.17) is 9.84 Å². The van der Waals surface area contributed by atoms with E-state index in [1.165, 1.54) is 16.7 Å². The van der Waals surface area contributed by atoms with Crippen LogP contribution in [0.15, 0.2) is 0 Å². The molecule has 108 valence electrons. The third-order valence-corrected chi connectivity index (χ3v) is 4.78. The first-order valence-corrected chi connectivity index (χ1v) is 7.62. The lowest BCUT2D eigenvalue weighted by molar-refractivity contribution is -0.141. The van der Waals surface area contributed by atoms with Crippen LogP contribution in [-0.2, 0) is 9.53 Å². The number of carbonyl (C=O) groups excluding carboxylic acids is 1. The van der Waals surface area contributed by atoms with E-state index in [1.54, 1.807) is 0 Å². The molecule has 2 amide bonds. The third-order valence-electron chi connectivity index (χ3n) is 3.57. The second-order valence-electron chi connectivity index (χ2n) is 4.89. The molecule has 0 aromatic heterocycles. The molecule has 0 radical (unpaired) electrons. The molecule has 0 aromatic rings. The zero-order valence-corrected chi connectivity index (χ0v) is 12.0. The normalized spacial score (nSPS) is 33.9. The molecule has 1 heterocycles. The second-order valence-corrected chi connectivity index (χ2v) is 6.24. The Hall–Kier alpha value is -0.950. The molecule has 2 rings (SSSR count). The summed E-state index contributed by atoms with van der Waals surface area (Å²) < 4.78 is 5.43. The van der Waals surface area contributed by atoms with Crippen molar-refractivity contribution in [3.05, 3.63) is 0 Å². The highest BCUT2D eigenvalue weighted by molar-refractivity contribution is 8.00. The van der Waals surface area contributed by atoms with Crippen molar-refractivity contribution in [1.82, 2.24) is 10.2 Å². The fourth-order valence-electron chi connectivity index (χ4n) is 2.45. The van der Waals surface area contributed by atoms with Crippen molar-refractivity contribution < 1.29 is 19.4 Å². The van der Waals surface area contributed by atoms with Crippen LogP contribution in [-0.4, -0.2) is 57.9 Å². The number of hydrogen-bond donors (Lipinski definition) is 2. The van der Waals surface area contributed by atoms with E-state index >= 15 is 0 Å². The molecule has 2 fully saturated rings. The number of nitrogens with one attached hydrogen (secondary N) is 1. The zero-order chi connectivity index (χ0) is 14.0. The third kappa shape index (κ3) is 3.14. The quantitative estimate of drug-likeness (QED) is 0.810. The number of ether oxygens (including phenoxy) is 1. The summed E-state index contributed by atoms with van der Waals surface area (Å²) in [6, 6.07) is -0.885. The van der Waals surface area contributed by atoms with Crippen LogP contribution >= 0.6 is 11.8 Å². The highest BCUT2D eigenvalue weighted by Gasteiger charge is 2.41. The number of hydrogen-bond acceptors (Lipinski definition) is 4. The molecule has 1 aliphatic carbocycles. The lowest BCUT2D eigenvalue weighted by Crippen LogP contribution is -2.55. The molecular formula is C12H20N2O4S. The number of carboxylic acid groups (broad SMARTS) is 1. The average Bonchev–Trinajstić information content (AvgIpc) is 2.68. The first-order chi connectivity index (χ1) is 9.02. The maximum Gasteiger partial charge on any atom is 0.327 e. The number of carboxylic acids is 1. The Balaban J connectivity index is 1.84. The van der Waals surface area contributed by atoms with Gasteiger partial charge in [-0.25, -0.2) is 9.59 Å². The molecule has 2 atom stereocenters. The highest BCUT2D eigenvalue weighted by atomic mass is 32.2. The largest absolute Gasteiger partial charge is 0.480 e. The minimum Gasteiger partial charge on any atom is -0.480 e. The number of rotatable bonds is 4. The minimum absolute atomic E-state index is 0.0936. The van der Waals surface area contributed by atoms with Gasteiger partial charge in [0, 0.05) is 18.4 Å². The summed E-state index contributed by atoms with van der Waals surface area (Å²) in [5.41, 5.74) is 0. The molecule has 0 bridgehead atoms. The van der Waals surface area contributed by atoms with Crippen molar-refractivity contribution in [2.24, 2.45) is 0 Å². The van der Waals surface area contributed by atoms with E-state index < -0.39 is 12.0 Å². The van der Waals surface area contributed by atoms with Gasteiger partial charge in [0.15, 0.2) is 0 Å². The topological polar surface area (TPSA) is 78.9 Å². The Morgan fingerprint density at radius 2 is 2.16 bits per heavy atom. The van der Waals surface area contributed by atoms with Crippen molar-refractivity contribution >= 4 is 23.8 Å². The van der Waals surface area contributed by atoms with Gasteiger partial charge in [0.2, 0.25) is 0 Å². The molecule has 0 aromatic carbocycles. The number of aliphatic carboxylic acids is 1. The van der Waals surface area contributed by atoms with E-state index in [0.29, 0.717) is 12.4 Å². The van der Waals surface area contributed by atoms with Gasteiger partial charge in [-0.15, -0.1) is 11.8 Å². The molecular weight excluding hydrogens is 268 g/mol. The second kappa shape index (κ2) is 6.00. The zero-order valence-electron chi connectivity index (χ0n) is 11.2. The number of nitrogens with zero attached hydrogens (tertiary/aromatic N) is 1. The van der Waals surface area contributed by atoms with E-state index in [9.17, 15) is 9.59 Å². The van der Waals surface area contributed by atoms with Crippen LogP contribution < -0.4 is 5.32 Å². The molecule has 7 heteroatoms. The molecule has 1 saturated carbocycles.